The van der Waals surface area contributed by atoms with E-state index in [0.717, 1.165) is 5.56 Å². The van der Waals surface area contributed by atoms with Gasteiger partial charge in [0.2, 0.25) is 0 Å². The fourth-order valence-corrected chi connectivity index (χ4v) is 1.70. The molecular formula is C16H13N3O. The summed E-state index contributed by atoms with van der Waals surface area (Å²) in [5, 5.41) is 11.8. The molecule has 4 heteroatoms. The molecule has 4 nitrogen and oxygen atoms in total. The largest absolute Gasteiger partial charge is 0.321 e. The standard InChI is InChI=1S/C16H13N3O/c1-12-4-2-6-15(8-12)19-16(20)14(10-17)9-13-5-3-7-18-11-13/h2-9,11H,1H3,(H,19,20)/b14-9+. The lowest BCUT2D eigenvalue weighted by Crippen LogP contribution is -2.13. The van der Waals surface area contributed by atoms with Gasteiger partial charge in [-0.2, -0.15) is 5.26 Å². The molecule has 0 bridgehead atoms. The smallest absolute Gasteiger partial charge is 0.266 e. The summed E-state index contributed by atoms with van der Waals surface area (Å²) in [4.78, 5) is 16.0. The minimum Gasteiger partial charge on any atom is -0.321 e. The zero-order valence-electron chi connectivity index (χ0n) is 11.0. The molecule has 98 valence electrons. The molecule has 2 rings (SSSR count). The minimum absolute atomic E-state index is 0.0412. The first kappa shape index (κ1) is 13.5. The molecule has 0 atom stereocenters. The van der Waals surface area contributed by atoms with Crippen LogP contribution in [0.2, 0.25) is 0 Å². The molecule has 0 aliphatic heterocycles. The molecule has 0 radical (unpaired) electrons. The fourth-order valence-electron chi connectivity index (χ4n) is 1.70. The molecule has 0 aliphatic carbocycles. The van der Waals surface area contributed by atoms with E-state index in [1.54, 1.807) is 30.6 Å². The third-order valence-corrected chi connectivity index (χ3v) is 2.64. The molecule has 1 amide bonds. The Morgan fingerprint density at radius 1 is 1.35 bits per heavy atom. The van der Waals surface area contributed by atoms with Crippen LogP contribution < -0.4 is 5.32 Å². The second kappa shape index (κ2) is 6.30. The van der Waals surface area contributed by atoms with E-state index in [2.05, 4.69) is 10.3 Å². The Morgan fingerprint density at radius 2 is 2.20 bits per heavy atom. The lowest BCUT2D eigenvalue weighted by molar-refractivity contribution is -0.112. The molecule has 1 aromatic carbocycles. The van der Waals surface area contributed by atoms with E-state index in [4.69, 9.17) is 5.26 Å². The number of carbonyl (C=O) groups is 1. The lowest BCUT2D eigenvalue weighted by Gasteiger charge is -2.05. The summed E-state index contributed by atoms with van der Waals surface area (Å²) in [7, 11) is 0. The first-order valence-corrected chi connectivity index (χ1v) is 6.09. The van der Waals surface area contributed by atoms with Crippen molar-refractivity contribution in [3.05, 3.63) is 65.5 Å². The number of nitriles is 1. The van der Waals surface area contributed by atoms with Crippen molar-refractivity contribution in [1.82, 2.24) is 4.98 Å². The Balaban J connectivity index is 2.19. The third-order valence-electron chi connectivity index (χ3n) is 2.64. The minimum atomic E-state index is -0.429. The monoisotopic (exact) mass is 263 g/mol. The van der Waals surface area contributed by atoms with Crippen LogP contribution in [0.1, 0.15) is 11.1 Å². The molecule has 1 heterocycles. The van der Waals surface area contributed by atoms with Gasteiger partial charge in [0.05, 0.1) is 0 Å². The summed E-state index contributed by atoms with van der Waals surface area (Å²) >= 11 is 0. The van der Waals surface area contributed by atoms with Crippen LogP contribution in [0, 0.1) is 18.3 Å². The van der Waals surface area contributed by atoms with Gasteiger partial charge in [0, 0.05) is 18.1 Å². The van der Waals surface area contributed by atoms with E-state index >= 15 is 0 Å². The second-order valence-electron chi connectivity index (χ2n) is 4.28. The van der Waals surface area contributed by atoms with E-state index in [9.17, 15) is 4.79 Å². The van der Waals surface area contributed by atoms with Gasteiger partial charge < -0.3 is 5.32 Å². The summed E-state index contributed by atoms with van der Waals surface area (Å²) < 4.78 is 0. The van der Waals surface area contributed by atoms with E-state index in [0.29, 0.717) is 11.3 Å². The predicted octanol–water partition coefficient (Wildman–Crippen LogP) is 2.94. The zero-order valence-corrected chi connectivity index (χ0v) is 11.0. The van der Waals surface area contributed by atoms with Gasteiger partial charge in [-0.3, -0.25) is 9.78 Å². The molecule has 1 N–H and O–H groups in total. The van der Waals surface area contributed by atoms with Crippen LogP contribution in [0.5, 0.6) is 0 Å². The Labute approximate surface area is 117 Å². The van der Waals surface area contributed by atoms with Crippen LogP contribution in [-0.2, 0) is 4.79 Å². The van der Waals surface area contributed by atoms with Gasteiger partial charge in [-0.15, -0.1) is 0 Å². The molecule has 0 saturated carbocycles. The maximum atomic E-state index is 12.0. The average Bonchev–Trinajstić information content (AvgIpc) is 2.45. The van der Waals surface area contributed by atoms with Gasteiger partial charge in [0.15, 0.2) is 0 Å². The lowest BCUT2D eigenvalue weighted by atomic mass is 10.1. The van der Waals surface area contributed by atoms with Gasteiger partial charge in [-0.1, -0.05) is 18.2 Å². The van der Waals surface area contributed by atoms with E-state index in [-0.39, 0.29) is 5.57 Å². The van der Waals surface area contributed by atoms with E-state index < -0.39 is 5.91 Å². The SMILES string of the molecule is Cc1cccc(NC(=O)/C(C#N)=C/c2cccnc2)c1. The number of aromatic nitrogens is 1. The number of aryl methyl sites for hydroxylation is 1. The number of benzene rings is 1. The Hall–Kier alpha value is -2.93. The van der Waals surface area contributed by atoms with Crippen molar-refractivity contribution in [3.63, 3.8) is 0 Å². The Bertz CT molecular complexity index is 684. The predicted molar refractivity (Wildman–Crippen MR) is 77.6 cm³/mol. The summed E-state index contributed by atoms with van der Waals surface area (Å²) in [5.74, 6) is -0.429. The molecule has 0 aliphatic rings. The van der Waals surface area contributed by atoms with Crippen molar-refractivity contribution in [2.24, 2.45) is 0 Å². The number of pyridine rings is 1. The highest BCUT2D eigenvalue weighted by molar-refractivity contribution is 6.09. The average molecular weight is 263 g/mol. The number of nitrogens with one attached hydrogen (secondary N) is 1. The van der Waals surface area contributed by atoms with Crippen molar-refractivity contribution < 1.29 is 4.79 Å². The van der Waals surface area contributed by atoms with E-state index in [1.807, 2.05) is 31.2 Å². The number of hydrogen-bond donors (Lipinski definition) is 1. The summed E-state index contributed by atoms with van der Waals surface area (Å²) in [6, 6.07) is 12.8. The van der Waals surface area contributed by atoms with Crippen molar-refractivity contribution in [2.75, 3.05) is 5.32 Å². The number of anilines is 1. The highest BCUT2D eigenvalue weighted by atomic mass is 16.1. The van der Waals surface area contributed by atoms with Crippen LogP contribution in [0.25, 0.3) is 6.08 Å². The van der Waals surface area contributed by atoms with Gasteiger partial charge in [-0.25, -0.2) is 0 Å². The number of hydrogen-bond acceptors (Lipinski definition) is 3. The highest BCUT2D eigenvalue weighted by Gasteiger charge is 2.09. The van der Waals surface area contributed by atoms with Crippen molar-refractivity contribution in [1.29, 1.82) is 5.26 Å². The summed E-state index contributed by atoms with van der Waals surface area (Å²) in [6.07, 6.45) is 4.74. The van der Waals surface area contributed by atoms with Crippen molar-refractivity contribution in [2.45, 2.75) is 6.92 Å². The van der Waals surface area contributed by atoms with Gasteiger partial charge in [0.1, 0.15) is 11.6 Å². The van der Waals surface area contributed by atoms with Crippen molar-refractivity contribution in [3.8, 4) is 6.07 Å². The molecule has 20 heavy (non-hydrogen) atoms. The molecule has 0 spiro atoms. The second-order valence-corrected chi connectivity index (χ2v) is 4.28. The molecule has 0 saturated heterocycles. The van der Waals surface area contributed by atoms with E-state index in [1.165, 1.54) is 6.08 Å². The summed E-state index contributed by atoms with van der Waals surface area (Å²) in [6.45, 7) is 1.94. The topological polar surface area (TPSA) is 65.8 Å². The zero-order chi connectivity index (χ0) is 14.4. The molecular weight excluding hydrogens is 250 g/mol. The van der Waals surface area contributed by atoms with Gasteiger partial charge >= 0.3 is 0 Å². The normalized spacial score (nSPS) is 10.7. The van der Waals surface area contributed by atoms with Crippen LogP contribution in [-0.4, -0.2) is 10.9 Å². The third kappa shape index (κ3) is 3.53. The quantitative estimate of drug-likeness (QED) is 0.684. The fraction of sp³-hybridized carbons (Fsp3) is 0.0625. The molecule has 2 aromatic rings. The first-order chi connectivity index (χ1) is 9.69. The molecule has 1 aromatic heterocycles. The van der Waals surface area contributed by atoms with Crippen LogP contribution in [0.3, 0.4) is 0 Å². The molecule has 0 unspecified atom stereocenters. The Morgan fingerprint density at radius 3 is 2.85 bits per heavy atom. The first-order valence-electron chi connectivity index (χ1n) is 6.09. The van der Waals surface area contributed by atoms with Gasteiger partial charge in [0.25, 0.3) is 5.91 Å². The number of rotatable bonds is 3. The summed E-state index contributed by atoms with van der Waals surface area (Å²) in [5.41, 5.74) is 2.46. The van der Waals surface area contributed by atoms with Crippen molar-refractivity contribution >= 4 is 17.7 Å². The number of amides is 1. The highest BCUT2D eigenvalue weighted by Crippen LogP contribution is 2.12. The number of carbonyl (C=O) groups excluding carboxylic acids is 1. The number of nitrogens with zero attached hydrogens (tertiary/aromatic N) is 2. The maximum absolute atomic E-state index is 12.0. The van der Waals surface area contributed by atoms with Crippen LogP contribution in [0.4, 0.5) is 5.69 Å². The molecule has 0 fully saturated rings. The van der Waals surface area contributed by atoms with Crippen LogP contribution >= 0.6 is 0 Å². The van der Waals surface area contributed by atoms with Crippen LogP contribution in [0.15, 0.2) is 54.4 Å². The Kier molecular flexibility index (Phi) is 4.25. The van der Waals surface area contributed by atoms with Gasteiger partial charge in [-0.05, 0) is 42.3 Å². The maximum Gasteiger partial charge on any atom is 0.266 e.